The first-order valence-electron chi connectivity index (χ1n) is 4.99. The Labute approximate surface area is 89.1 Å². The molecule has 0 bridgehead atoms. The third kappa shape index (κ3) is 1.48. The Hall–Kier alpha value is -1.19. The maximum atomic E-state index is 9.11. The summed E-state index contributed by atoms with van der Waals surface area (Å²) >= 11 is 0. The molecule has 3 heteroatoms. The molecule has 1 aromatic carbocycles. The number of aliphatic imine (C=N–C) groups is 1. The number of nitrogens with zero attached hydrogens (tertiary/aromatic N) is 1. The summed E-state index contributed by atoms with van der Waals surface area (Å²) in [7, 11) is 0. The summed E-state index contributed by atoms with van der Waals surface area (Å²) in [4.78, 5) is 4.46. The number of hydrogen-bond donors (Lipinski definition) is 2. The highest BCUT2D eigenvalue weighted by Crippen LogP contribution is 2.40. The lowest BCUT2D eigenvalue weighted by Crippen LogP contribution is -2.22. The summed E-state index contributed by atoms with van der Waals surface area (Å²) in [5, 5.41) is 18.2. The Bertz CT molecular complexity index is 433. The minimum atomic E-state index is -1.41. The zero-order valence-electron chi connectivity index (χ0n) is 9.15. The summed E-state index contributed by atoms with van der Waals surface area (Å²) in [5.74, 6) is 0. The predicted molar refractivity (Wildman–Crippen MR) is 59.4 cm³/mol. The molecule has 1 aliphatic rings. The van der Waals surface area contributed by atoms with Crippen molar-refractivity contribution in [1.82, 2.24) is 0 Å². The first kappa shape index (κ1) is 10.3. The molecule has 1 heterocycles. The van der Waals surface area contributed by atoms with Gasteiger partial charge in [-0.1, -0.05) is 19.9 Å². The third-order valence-electron chi connectivity index (χ3n) is 3.18. The zero-order chi connectivity index (χ0) is 11.2. The Kier molecular flexibility index (Phi) is 2.17. The smallest absolute Gasteiger partial charge is 0.178 e. The van der Waals surface area contributed by atoms with Crippen molar-refractivity contribution >= 4 is 11.4 Å². The van der Waals surface area contributed by atoms with Crippen LogP contribution in [0.5, 0.6) is 0 Å². The van der Waals surface area contributed by atoms with Crippen LogP contribution in [0.2, 0.25) is 0 Å². The minimum Gasteiger partial charge on any atom is -0.364 e. The fraction of sp³-hybridized carbons (Fsp3) is 0.417. The van der Waals surface area contributed by atoms with Crippen LogP contribution in [0, 0.1) is 0 Å². The van der Waals surface area contributed by atoms with E-state index in [1.54, 1.807) is 6.07 Å². The highest BCUT2D eigenvalue weighted by atomic mass is 16.5. The van der Waals surface area contributed by atoms with Crippen molar-refractivity contribution in [1.29, 1.82) is 0 Å². The zero-order valence-corrected chi connectivity index (χ0v) is 9.15. The summed E-state index contributed by atoms with van der Waals surface area (Å²) in [6.45, 7) is 6.17. The molecule has 0 fully saturated rings. The van der Waals surface area contributed by atoms with E-state index in [-0.39, 0.29) is 5.41 Å². The van der Waals surface area contributed by atoms with E-state index in [9.17, 15) is 0 Å². The van der Waals surface area contributed by atoms with Gasteiger partial charge in [-0.05, 0) is 24.6 Å². The molecule has 0 aliphatic carbocycles. The molecule has 1 aliphatic heterocycles. The lowest BCUT2D eigenvalue weighted by Gasteiger charge is -2.20. The normalized spacial score (nSPS) is 17.9. The van der Waals surface area contributed by atoms with Crippen LogP contribution < -0.4 is 0 Å². The Morgan fingerprint density at radius 2 is 1.93 bits per heavy atom. The Morgan fingerprint density at radius 1 is 1.27 bits per heavy atom. The van der Waals surface area contributed by atoms with Gasteiger partial charge in [0.25, 0.3) is 0 Å². The molecule has 0 saturated heterocycles. The lowest BCUT2D eigenvalue weighted by molar-refractivity contribution is -0.0425. The van der Waals surface area contributed by atoms with Crippen LogP contribution in [0.25, 0.3) is 0 Å². The van der Waals surface area contributed by atoms with Gasteiger partial charge in [-0.3, -0.25) is 4.99 Å². The third-order valence-corrected chi connectivity index (χ3v) is 3.18. The van der Waals surface area contributed by atoms with Crippen molar-refractivity contribution in [3.05, 3.63) is 29.3 Å². The number of aliphatic hydroxyl groups is 2. The van der Waals surface area contributed by atoms with E-state index in [0.29, 0.717) is 5.56 Å². The van der Waals surface area contributed by atoms with Gasteiger partial charge in [0.05, 0.1) is 5.69 Å². The second kappa shape index (κ2) is 3.15. The highest BCUT2D eigenvalue weighted by Gasteiger charge is 2.32. The van der Waals surface area contributed by atoms with E-state index in [4.69, 9.17) is 10.2 Å². The molecule has 80 valence electrons. The fourth-order valence-corrected chi connectivity index (χ4v) is 1.83. The van der Waals surface area contributed by atoms with E-state index in [1.807, 2.05) is 19.1 Å². The van der Waals surface area contributed by atoms with Crippen molar-refractivity contribution in [2.45, 2.75) is 32.5 Å². The Morgan fingerprint density at radius 3 is 2.53 bits per heavy atom. The van der Waals surface area contributed by atoms with Gasteiger partial charge >= 0.3 is 0 Å². The minimum absolute atomic E-state index is 0.111. The van der Waals surface area contributed by atoms with Crippen LogP contribution in [0.1, 0.15) is 38.2 Å². The maximum Gasteiger partial charge on any atom is 0.178 e. The number of benzene rings is 1. The van der Waals surface area contributed by atoms with Crippen molar-refractivity contribution in [3.8, 4) is 0 Å². The molecule has 0 amide bonds. The standard InChI is InChI=1S/C12H15NO2/c1-7-12(2,3)9-6-8(11(14)15)4-5-10(9)13-7/h4-6,11,14-15H,1-3H3. The van der Waals surface area contributed by atoms with Gasteiger partial charge in [0.15, 0.2) is 6.29 Å². The van der Waals surface area contributed by atoms with Crippen molar-refractivity contribution in [2.24, 2.45) is 4.99 Å². The molecule has 0 saturated carbocycles. The van der Waals surface area contributed by atoms with Crippen molar-refractivity contribution in [2.75, 3.05) is 0 Å². The lowest BCUT2D eigenvalue weighted by atomic mass is 9.81. The Balaban J connectivity index is 2.55. The number of aliphatic hydroxyl groups excluding tert-OH is 1. The molecule has 0 radical (unpaired) electrons. The van der Waals surface area contributed by atoms with Crippen LogP contribution in [0.15, 0.2) is 23.2 Å². The van der Waals surface area contributed by atoms with Crippen molar-refractivity contribution in [3.63, 3.8) is 0 Å². The molecule has 0 spiro atoms. The number of hydrogen-bond acceptors (Lipinski definition) is 3. The van der Waals surface area contributed by atoms with Gasteiger partial charge in [0.2, 0.25) is 0 Å². The molecule has 0 atom stereocenters. The SMILES string of the molecule is CC1=Nc2ccc(C(O)O)cc2C1(C)C. The van der Waals surface area contributed by atoms with Gasteiger partial charge in [-0.25, -0.2) is 0 Å². The van der Waals surface area contributed by atoms with Crippen LogP contribution in [0.4, 0.5) is 5.69 Å². The van der Waals surface area contributed by atoms with E-state index in [1.165, 1.54) is 0 Å². The molecule has 2 N–H and O–H groups in total. The van der Waals surface area contributed by atoms with E-state index in [2.05, 4.69) is 18.8 Å². The number of fused-ring (bicyclic) bond motifs is 1. The van der Waals surface area contributed by atoms with Gasteiger partial charge in [-0.2, -0.15) is 0 Å². The van der Waals surface area contributed by atoms with E-state index in [0.717, 1.165) is 17.0 Å². The van der Waals surface area contributed by atoms with Crippen molar-refractivity contribution < 1.29 is 10.2 Å². The second-order valence-electron chi connectivity index (χ2n) is 4.47. The second-order valence-corrected chi connectivity index (χ2v) is 4.47. The fourth-order valence-electron chi connectivity index (χ4n) is 1.83. The van der Waals surface area contributed by atoms with Gasteiger partial charge in [-0.15, -0.1) is 0 Å². The van der Waals surface area contributed by atoms with Gasteiger partial charge < -0.3 is 10.2 Å². The maximum absolute atomic E-state index is 9.11. The van der Waals surface area contributed by atoms with Crippen LogP contribution in [0.3, 0.4) is 0 Å². The highest BCUT2D eigenvalue weighted by molar-refractivity contribution is 5.99. The first-order chi connectivity index (χ1) is 6.93. The molecule has 0 unspecified atom stereocenters. The average Bonchev–Trinajstić information content (AvgIpc) is 2.38. The molecule has 1 aromatic rings. The topological polar surface area (TPSA) is 52.8 Å². The molecular weight excluding hydrogens is 190 g/mol. The van der Waals surface area contributed by atoms with Crippen LogP contribution in [-0.4, -0.2) is 15.9 Å². The quantitative estimate of drug-likeness (QED) is 0.689. The monoisotopic (exact) mass is 205 g/mol. The summed E-state index contributed by atoms with van der Waals surface area (Å²) in [5.41, 5.74) is 3.46. The van der Waals surface area contributed by atoms with Gasteiger partial charge in [0, 0.05) is 16.7 Å². The summed E-state index contributed by atoms with van der Waals surface area (Å²) in [6.07, 6.45) is -1.41. The molecule has 0 aromatic heterocycles. The summed E-state index contributed by atoms with van der Waals surface area (Å²) < 4.78 is 0. The molecular formula is C12H15NO2. The number of rotatable bonds is 1. The average molecular weight is 205 g/mol. The van der Waals surface area contributed by atoms with Crippen LogP contribution in [-0.2, 0) is 5.41 Å². The summed E-state index contributed by atoms with van der Waals surface area (Å²) in [6, 6.07) is 5.35. The van der Waals surface area contributed by atoms with Crippen LogP contribution >= 0.6 is 0 Å². The first-order valence-corrected chi connectivity index (χ1v) is 4.99. The molecule has 2 rings (SSSR count). The van der Waals surface area contributed by atoms with Gasteiger partial charge in [0.1, 0.15) is 0 Å². The molecule has 15 heavy (non-hydrogen) atoms. The van der Waals surface area contributed by atoms with E-state index < -0.39 is 6.29 Å². The largest absolute Gasteiger partial charge is 0.364 e. The predicted octanol–water partition coefficient (Wildman–Crippen LogP) is 2.05. The molecule has 3 nitrogen and oxygen atoms in total. The van der Waals surface area contributed by atoms with E-state index >= 15 is 0 Å².